The molecule has 2 heterocycles. The van der Waals surface area contributed by atoms with Gasteiger partial charge in [-0.1, -0.05) is 12.1 Å². The van der Waals surface area contributed by atoms with E-state index in [2.05, 4.69) is 20.8 Å². The SMILES string of the molecule is C/C(CC(=O)Nc1cccc(C)n1)=N\NC(=O)c1cccs1. The first-order chi connectivity index (χ1) is 10.5. The molecule has 0 saturated heterocycles. The molecule has 2 aromatic rings. The molecule has 2 N–H and O–H groups in total. The van der Waals surface area contributed by atoms with Gasteiger partial charge in [-0.3, -0.25) is 9.59 Å². The van der Waals surface area contributed by atoms with Crippen LogP contribution in [0.25, 0.3) is 0 Å². The molecule has 0 radical (unpaired) electrons. The predicted octanol–water partition coefficient (Wildman–Crippen LogP) is 2.59. The minimum atomic E-state index is -0.282. The maximum Gasteiger partial charge on any atom is 0.281 e. The van der Waals surface area contributed by atoms with Gasteiger partial charge in [0.15, 0.2) is 0 Å². The molecule has 6 nitrogen and oxygen atoms in total. The predicted molar refractivity (Wildman–Crippen MR) is 87.1 cm³/mol. The number of carbonyl (C=O) groups is 2. The van der Waals surface area contributed by atoms with Gasteiger partial charge in [0.1, 0.15) is 5.82 Å². The normalized spacial score (nSPS) is 11.1. The first kappa shape index (κ1) is 15.8. The molecule has 114 valence electrons. The second-order valence-electron chi connectivity index (χ2n) is 4.65. The molecular formula is C15H16N4O2S. The molecule has 0 unspecified atom stereocenters. The molecule has 0 aliphatic carbocycles. The lowest BCUT2D eigenvalue weighted by Crippen LogP contribution is -2.21. The number of rotatable bonds is 5. The Labute approximate surface area is 132 Å². The third kappa shape index (κ3) is 4.78. The van der Waals surface area contributed by atoms with Gasteiger partial charge in [0, 0.05) is 11.4 Å². The highest BCUT2D eigenvalue weighted by molar-refractivity contribution is 7.12. The summed E-state index contributed by atoms with van der Waals surface area (Å²) in [5.74, 6) is -0.0137. The van der Waals surface area contributed by atoms with Crippen molar-refractivity contribution in [1.29, 1.82) is 0 Å². The van der Waals surface area contributed by atoms with E-state index in [9.17, 15) is 9.59 Å². The second kappa shape index (κ2) is 7.46. The molecule has 0 bridgehead atoms. The van der Waals surface area contributed by atoms with Crippen molar-refractivity contribution in [3.8, 4) is 0 Å². The van der Waals surface area contributed by atoms with Gasteiger partial charge in [-0.15, -0.1) is 11.3 Å². The lowest BCUT2D eigenvalue weighted by molar-refractivity contribution is -0.115. The van der Waals surface area contributed by atoms with E-state index in [1.54, 1.807) is 25.1 Å². The molecule has 2 aromatic heterocycles. The zero-order valence-corrected chi connectivity index (χ0v) is 13.1. The number of nitrogens with zero attached hydrogens (tertiary/aromatic N) is 2. The molecule has 0 aromatic carbocycles. The number of carbonyl (C=O) groups excluding carboxylic acids is 2. The van der Waals surface area contributed by atoms with Gasteiger partial charge in [-0.05, 0) is 37.4 Å². The molecule has 0 aliphatic heterocycles. The number of thiophene rings is 1. The number of nitrogens with one attached hydrogen (secondary N) is 2. The fourth-order valence-corrected chi connectivity index (χ4v) is 2.29. The first-order valence-electron chi connectivity index (χ1n) is 6.65. The van der Waals surface area contributed by atoms with Crippen molar-refractivity contribution in [1.82, 2.24) is 10.4 Å². The Bertz CT molecular complexity index is 695. The Hall–Kier alpha value is -2.54. The van der Waals surface area contributed by atoms with Crippen LogP contribution in [0.15, 0.2) is 40.8 Å². The van der Waals surface area contributed by atoms with E-state index < -0.39 is 0 Å². The molecule has 0 aliphatic rings. The van der Waals surface area contributed by atoms with Crippen LogP contribution in [-0.4, -0.2) is 22.5 Å². The zero-order chi connectivity index (χ0) is 15.9. The highest BCUT2D eigenvalue weighted by Gasteiger charge is 2.08. The van der Waals surface area contributed by atoms with Crippen LogP contribution in [0.2, 0.25) is 0 Å². The Morgan fingerprint density at radius 1 is 1.27 bits per heavy atom. The maximum absolute atomic E-state index is 11.9. The highest BCUT2D eigenvalue weighted by atomic mass is 32.1. The third-order valence-corrected chi connectivity index (χ3v) is 3.53. The standard InChI is InChI=1S/C15H16N4O2S/c1-10-5-3-7-13(16-10)17-14(20)9-11(2)18-19-15(21)12-6-4-8-22-12/h3-8H,9H2,1-2H3,(H,19,21)(H,16,17,20)/b18-11+. The van der Waals surface area contributed by atoms with Gasteiger partial charge in [-0.25, -0.2) is 10.4 Å². The summed E-state index contributed by atoms with van der Waals surface area (Å²) in [4.78, 5) is 28.3. The topological polar surface area (TPSA) is 83.4 Å². The van der Waals surface area contributed by atoms with Crippen molar-refractivity contribution in [2.75, 3.05) is 5.32 Å². The van der Waals surface area contributed by atoms with Crippen LogP contribution in [0.1, 0.15) is 28.7 Å². The molecule has 0 atom stereocenters. The van der Waals surface area contributed by atoms with Crippen LogP contribution in [0.5, 0.6) is 0 Å². The second-order valence-corrected chi connectivity index (χ2v) is 5.60. The Kier molecular flexibility index (Phi) is 5.37. The van der Waals surface area contributed by atoms with Crippen LogP contribution >= 0.6 is 11.3 Å². The van der Waals surface area contributed by atoms with E-state index in [0.29, 0.717) is 16.4 Å². The smallest absolute Gasteiger partial charge is 0.281 e. The van der Waals surface area contributed by atoms with Gasteiger partial charge in [0.25, 0.3) is 5.91 Å². The molecule has 0 saturated carbocycles. The highest BCUT2D eigenvalue weighted by Crippen LogP contribution is 2.08. The summed E-state index contributed by atoms with van der Waals surface area (Å²) >= 11 is 1.33. The number of pyridine rings is 1. The van der Waals surface area contributed by atoms with E-state index in [0.717, 1.165) is 5.69 Å². The lowest BCUT2D eigenvalue weighted by Gasteiger charge is -2.05. The molecule has 0 fully saturated rings. The van der Waals surface area contributed by atoms with Crippen LogP contribution in [0, 0.1) is 6.92 Å². The summed E-state index contributed by atoms with van der Waals surface area (Å²) < 4.78 is 0. The van der Waals surface area contributed by atoms with Gasteiger partial charge in [0.2, 0.25) is 5.91 Å². The Balaban J connectivity index is 1.85. The Morgan fingerprint density at radius 2 is 2.09 bits per heavy atom. The van der Waals surface area contributed by atoms with Crippen molar-refractivity contribution >= 4 is 34.7 Å². The fraction of sp³-hybridized carbons (Fsp3) is 0.200. The molecular weight excluding hydrogens is 300 g/mol. The van der Waals surface area contributed by atoms with Crippen molar-refractivity contribution in [2.45, 2.75) is 20.3 Å². The lowest BCUT2D eigenvalue weighted by atomic mass is 10.3. The number of aryl methyl sites for hydroxylation is 1. The molecule has 2 rings (SSSR count). The fourth-order valence-electron chi connectivity index (χ4n) is 1.68. The molecule has 22 heavy (non-hydrogen) atoms. The van der Waals surface area contributed by atoms with Crippen LogP contribution in [0.4, 0.5) is 5.82 Å². The van der Waals surface area contributed by atoms with Crippen LogP contribution in [-0.2, 0) is 4.79 Å². The minimum Gasteiger partial charge on any atom is -0.310 e. The number of anilines is 1. The molecule has 2 amide bonds. The number of hydrazone groups is 1. The van der Waals surface area contributed by atoms with E-state index >= 15 is 0 Å². The summed E-state index contributed by atoms with van der Waals surface area (Å²) in [5.41, 5.74) is 3.76. The van der Waals surface area contributed by atoms with E-state index in [-0.39, 0.29) is 18.2 Å². The number of hydrogen-bond donors (Lipinski definition) is 2. The first-order valence-corrected chi connectivity index (χ1v) is 7.53. The summed E-state index contributed by atoms with van der Waals surface area (Å²) in [7, 11) is 0. The number of aromatic nitrogens is 1. The maximum atomic E-state index is 11.9. The van der Waals surface area contributed by atoms with Gasteiger partial charge < -0.3 is 5.32 Å². The summed E-state index contributed by atoms with van der Waals surface area (Å²) in [6.45, 7) is 3.53. The molecule has 0 spiro atoms. The minimum absolute atomic E-state index is 0.0837. The van der Waals surface area contributed by atoms with Crippen LogP contribution in [0.3, 0.4) is 0 Å². The quantitative estimate of drug-likeness (QED) is 0.657. The number of amides is 2. The van der Waals surface area contributed by atoms with Gasteiger partial charge in [-0.2, -0.15) is 5.10 Å². The van der Waals surface area contributed by atoms with Gasteiger partial charge in [0.05, 0.1) is 11.3 Å². The zero-order valence-electron chi connectivity index (χ0n) is 12.3. The van der Waals surface area contributed by atoms with Crippen molar-refractivity contribution in [2.24, 2.45) is 5.10 Å². The number of hydrogen-bond acceptors (Lipinski definition) is 5. The van der Waals surface area contributed by atoms with E-state index in [1.807, 2.05) is 24.4 Å². The van der Waals surface area contributed by atoms with Gasteiger partial charge >= 0.3 is 0 Å². The summed E-state index contributed by atoms with van der Waals surface area (Å²) in [5, 5.41) is 8.42. The monoisotopic (exact) mass is 316 g/mol. The van der Waals surface area contributed by atoms with E-state index in [1.165, 1.54) is 11.3 Å². The Morgan fingerprint density at radius 3 is 2.77 bits per heavy atom. The van der Waals surface area contributed by atoms with Crippen molar-refractivity contribution < 1.29 is 9.59 Å². The van der Waals surface area contributed by atoms with E-state index in [4.69, 9.17) is 0 Å². The average molecular weight is 316 g/mol. The molecule has 7 heteroatoms. The average Bonchev–Trinajstić information content (AvgIpc) is 2.98. The summed E-state index contributed by atoms with van der Waals surface area (Å²) in [6, 6.07) is 8.89. The van der Waals surface area contributed by atoms with Crippen LogP contribution < -0.4 is 10.7 Å². The largest absolute Gasteiger partial charge is 0.310 e. The third-order valence-electron chi connectivity index (χ3n) is 2.67. The van der Waals surface area contributed by atoms with Crippen molar-refractivity contribution in [3.63, 3.8) is 0 Å². The van der Waals surface area contributed by atoms with Crippen molar-refractivity contribution in [3.05, 3.63) is 46.3 Å². The summed E-state index contributed by atoms with van der Waals surface area (Å²) in [6.07, 6.45) is 0.0837.